The van der Waals surface area contributed by atoms with Gasteiger partial charge in [-0.1, -0.05) is 0 Å². The van der Waals surface area contributed by atoms with Crippen LogP contribution in [0.15, 0.2) is 52.3 Å². The van der Waals surface area contributed by atoms with Crippen LogP contribution in [-0.4, -0.2) is 47.2 Å². The number of sulfonamides is 2. The van der Waals surface area contributed by atoms with Gasteiger partial charge in [0, 0.05) is 25.7 Å². The summed E-state index contributed by atoms with van der Waals surface area (Å²) in [6.45, 7) is 2.23. The SMILES string of the molecule is COc1ccc(S(=O)(=O)N2CCCC2)cc1NS(=O)(=O)c1ccc(NC(C)=O)cc1. The highest BCUT2D eigenvalue weighted by Crippen LogP contribution is 2.31. The first kappa shape index (κ1) is 22.1. The van der Waals surface area contributed by atoms with Crippen LogP contribution < -0.4 is 14.8 Å². The van der Waals surface area contributed by atoms with Crippen molar-refractivity contribution in [3.63, 3.8) is 0 Å². The number of ether oxygens (including phenoxy) is 1. The number of hydrogen-bond donors (Lipinski definition) is 2. The number of carbonyl (C=O) groups excluding carboxylic acids is 1. The fraction of sp³-hybridized carbons (Fsp3) is 0.316. The molecule has 30 heavy (non-hydrogen) atoms. The van der Waals surface area contributed by atoms with E-state index in [1.54, 1.807) is 0 Å². The topological polar surface area (TPSA) is 122 Å². The van der Waals surface area contributed by atoms with E-state index < -0.39 is 20.0 Å². The zero-order valence-corrected chi connectivity index (χ0v) is 18.2. The standard InChI is InChI=1S/C19H23N3O6S2/c1-14(23)20-15-5-7-16(8-6-15)29(24,25)21-18-13-17(9-10-19(18)28-2)30(26,27)22-11-3-4-12-22/h5-10,13,21H,3-4,11-12H2,1-2H3,(H,20,23). The average Bonchev–Trinajstić information content (AvgIpc) is 3.23. The maximum absolute atomic E-state index is 12.8. The second-order valence-corrected chi connectivity index (χ2v) is 10.4. The molecule has 9 nitrogen and oxygen atoms in total. The highest BCUT2D eigenvalue weighted by molar-refractivity contribution is 7.92. The molecule has 1 amide bonds. The summed E-state index contributed by atoms with van der Waals surface area (Å²) in [6, 6.07) is 9.67. The van der Waals surface area contributed by atoms with E-state index in [-0.39, 0.29) is 27.1 Å². The first-order valence-corrected chi connectivity index (χ1v) is 12.1. The van der Waals surface area contributed by atoms with Gasteiger partial charge in [-0.25, -0.2) is 16.8 Å². The molecular weight excluding hydrogens is 430 g/mol. The number of rotatable bonds is 7. The molecule has 1 aliphatic heterocycles. The summed E-state index contributed by atoms with van der Waals surface area (Å²) >= 11 is 0. The maximum atomic E-state index is 12.8. The molecular formula is C19H23N3O6S2. The molecule has 0 spiro atoms. The van der Waals surface area contributed by atoms with E-state index in [9.17, 15) is 21.6 Å². The molecule has 0 saturated carbocycles. The Kier molecular flexibility index (Phi) is 6.34. The Bertz CT molecular complexity index is 1140. The van der Waals surface area contributed by atoms with Gasteiger partial charge in [-0.05, 0) is 55.3 Å². The van der Waals surface area contributed by atoms with Crippen LogP contribution in [0.4, 0.5) is 11.4 Å². The lowest BCUT2D eigenvalue weighted by Gasteiger charge is -2.18. The van der Waals surface area contributed by atoms with Gasteiger partial charge in [0.05, 0.1) is 22.6 Å². The Labute approximate surface area is 176 Å². The molecule has 2 N–H and O–H groups in total. The minimum atomic E-state index is -4.02. The van der Waals surface area contributed by atoms with E-state index in [0.717, 1.165) is 12.8 Å². The van der Waals surface area contributed by atoms with E-state index in [1.165, 1.54) is 60.8 Å². The minimum Gasteiger partial charge on any atom is -0.495 e. The van der Waals surface area contributed by atoms with Crippen LogP contribution in [0.1, 0.15) is 19.8 Å². The molecule has 1 saturated heterocycles. The van der Waals surface area contributed by atoms with Gasteiger partial charge in [0.1, 0.15) is 5.75 Å². The van der Waals surface area contributed by atoms with Gasteiger partial charge in [-0.2, -0.15) is 4.31 Å². The van der Waals surface area contributed by atoms with E-state index in [2.05, 4.69) is 10.0 Å². The highest BCUT2D eigenvalue weighted by Gasteiger charge is 2.28. The fourth-order valence-electron chi connectivity index (χ4n) is 3.13. The van der Waals surface area contributed by atoms with Gasteiger partial charge >= 0.3 is 0 Å². The van der Waals surface area contributed by atoms with Gasteiger partial charge in [-0.15, -0.1) is 0 Å². The summed E-state index contributed by atoms with van der Waals surface area (Å²) in [4.78, 5) is 11.0. The molecule has 0 aromatic heterocycles. The average molecular weight is 454 g/mol. The van der Waals surface area contributed by atoms with Crippen LogP contribution in [0.2, 0.25) is 0 Å². The highest BCUT2D eigenvalue weighted by atomic mass is 32.2. The van der Waals surface area contributed by atoms with Gasteiger partial charge in [0.15, 0.2) is 0 Å². The van der Waals surface area contributed by atoms with Gasteiger partial charge in [0.2, 0.25) is 15.9 Å². The number of nitrogens with one attached hydrogen (secondary N) is 2. The van der Waals surface area contributed by atoms with E-state index in [0.29, 0.717) is 18.8 Å². The van der Waals surface area contributed by atoms with Crippen molar-refractivity contribution in [2.24, 2.45) is 0 Å². The second-order valence-electron chi connectivity index (χ2n) is 6.78. The van der Waals surface area contributed by atoms with Crippen molar-refractivity contribution in [3.05, 3.63) is 42.5 Å². The van der Waals surface area contributed by atoms with Crippen LogP contribution in [0.3, 0.4) is 0 Å². The maximum Gasteiger partial charge on any atom is 0.262 e. The molecule has 2 aromatic rings. The second kappa shape index (κ2) is 8.62. The van der Waals surface area contributed by atoms with Crippen molar-refractivity contribution in [1.29, 1.82) is 0 Å². The molecule has 0 aliphatic carbocycles. The Balaban J connectivity index is 1.91. The number of anilines is 2. The summed E-state index contributed by atoms with van der Waals surface area (Å²) in [5, 5.41) is 2.56. The molecule has 0 bridgehead atoms. The summed E-state index contributed by atoms with van der Waals surface area (Å²) in [7, 11) is -6.38. The lowest BCUT2D eigenvalue weighted by molar-refractivity contribution is -0.114. The number of benzene rings is 2. The first-order chi connectivity index (χ1) is 14.1. The van der Waals surface area contributed by atoms with Crippen molar-refractivity contribution in [2.75, 3.05) is 30.2 Å². The van der Waals surface area contributed by atoms with E-state index in [1.807, 2.05) is 0 Å². The third-order valence-corrected chi connectivity index (χ3v) is 7.88. The molecule has 1 fully saturated rings. The Morgan fingerprint density at radius 3 is 2.13 bits per heavy atom. The summed E-state index contributed by atoms with van der Waals surface area (Å²) in [6.07, 6.45) is 1.59. The number of hydrogen-bond acceptors (Lipinski definition) is 6. The van der Waals surface area contributed by atoms with Crippen molar-refractivity contribution in [1.82, 2.24) is 4.31 Å². The molecule has 1 aliphatic rings. The molecule has 0 radical (unpaired) electrons. The molecule has 2 aromatic carbocycles. The number of carbonyl (C=O) groups is 1. The van der Waals surface area contributed by atoms with Crippen LogP contribution in [0, 0.1) is 0 Å². The fourth-order valence-corrected chi connectivity index (χ4v) is 5.73. The normalized spacial score (nSPS) is 15.0. The lowest BCUT2D eigenvalue weighted by atomic mass is 10.3. The van der Waals surface area contributed by atoms with Crippen molar-refractivity contribution in [2.45, 2.75) is 29.6 Å². The number of nitrogens with zero attached hydrogens (tertiary/aromatic N) is 1. The molecule has 0 unspecified atom stereocenters. The van der Waals surface area contributed by atoms with Crippen LogP contribution in [-0.2, 0) is 24.8 Å². The van der Waals surface area contributed by atoms with Crippen molar-refractivity contribution < 1.29 is 26.4 Å². The van der Waals surface area contributed by atoms with Crippen LogP contribution >= 0.6 is 0 Å². The van der Waals surface area contributed by atoms with Crippen molar-refractivity contribution >= 4 is 37.3 Å². The van der Waals surface area contributed by atoms with Crippen LogP contribution in [0.25, 0.3) is 0 Å². The van der Waals surface area contributed by atoms with E-state index >= 15 is 0 Å². The molecule has 11 heteroatoms. The Hall–Kier alpha value is -2.63. The predicted octanol–water partition coefficient (Wildman–Crippen LogP) is 2.24. The third-order valence-electron chi connectivity index (χ3n) is 4.60. The third kappa shape index (κ3) is 4.74. The predicted molar refractivity (Wildman–Crippen MR) is 113 cm³/mol. The molecule has 3 rings (SSSR count). The zero-order valence-electron chi connectivity index (χ0n) is 16.6. The smallest absolute Gasteiger partial charge is 0.262 e. The summed E-state index contributed by atoms with van der Waals surface area (Å²) in [5.74, 6) is -0.0849. The van der Waals surface area contributed by atoms with E-state index in [4.69, 9.17) is 4.74 Å². The Morgan fingerprint density at radius 1 is 0.967 bits per heavy atom. The minimum absolute atomic E-state index is 0.0103. The van der Waals surface area contributed by atoms with Gasteiger partial charge < -0.3 is 10.1 Å². The molecule has 0 atom stereocenters. The monoisotopic (exact) mass is 453 g/mol. The lowest BCUT2D eigenvalue weighted by Crippen LogP contribution is -2.28. The largest absolute Gasteiger partial charge is 0.495 e. The first-order valence-electron chi connectivity index (χ1n) is 9.22. The summed E-state index contributed by atoms with van der Waals surface area (Å²) < 4.78 is 60.2. The number of amides is 1. The van der Waals surface area contributed by atoms with Crippen LogP contribution in [0.5, 0.6) is 5.75 Å². The van der Waals surface area contributed by atoms with Crippen molar-refractivity contribution in [3.8, 4) is 5.75 Å². The van der Waals surface area contributed by atoms with Gasteiger partial charge in [0.25, 0.3) is 10.0 Å². The Morgan fingerprint density at radius 2 is 1.57 bits per heavy atom. The quantitative estimate of drug-likeness (QED) is 0.663. The molecule has 162 valence electrons. The summed E-state index contributed by atoms with van der Waals surface area (Å²) in [5.41, 5.74) is 0.474. The number of methoxy groups -OCH3 is 1. The molecule has 1 heterocycles. The zero-order chi connectivity index (χ0) is 21.9. The van der Waals surface area contributed by atoms with Gasteiger partial charge in [-0.3, -0.25) is 9.52 Å².